The molecule has 0 spiro atoms. The molecular formula is C104H70. The summed E-state index contributed by atoms with van der Waals surface area (Å²) >= 11 is 0. The summed E-state index contributed by atoms with van der Waals surface area (Å²) in [6.07, 6.45) is 0. The lowest BCUT2D eigenvalue weighted by Gasteiger charge is -2.19. The maximum Gasteiger partial charge on any atom is 0.0629 e. The van der Waals surface area contributed by atoms with E-state index in [1.807, 2.05) is 115 Å². The Morgan fingerprint density at radius 1 is 0.135 bits per heavy atom. The lowest BCUT2D eigenvalue weighted by atomic mass is 9.84. The Bertz CT molecular complexity index is 8620. The molecule has 0 bridgehead atoms. The highest BCUT2D eigenvalue weighted by molar-refractivity contribution is 6.25. The molecule has 0 aromatic heterocycles. The number of fused-ring (bicyclic) bond motifs is 8. The Balaban J connectivity index is 0.000000138. The van der Waals surface area contributed by atoms with Crippen molar-refractivity contribution in [3.05, 3.63) is 424 Å². The van der Waals surface area contributed by atoms with Crippen molar-refractivity contribution in [2.24, 2.45) is 0 Å². The van der Waals surface area contributed by atoms with Gasteiger partial charge in [0.1, 0.15) is 0 Å². The molecule has 0 heterocycles. The number of hydrogen-bond donors (Lipinski definition) is 0. The van der Waals surface area contributed by atoms with E-state index < -0.39 is 163 Å². The van der Waals surface area contributed by atoms with Crippen LogP contribution in [-0.4, -0.2) is 0 Å². The number of hydrogen-bond acceptors (Lipinski definition) is 0. The Kier molecular flexibility index (Phi) is 9.57. The number of benzene rings is 20. The molecule has 486 valence electrons. The van der Waals surface area contributed by atoms with Crippen molar-refractivity contribution >= 4 is 86.2 Å². The first-order chi connectivity index (χ1) is 66.1. The van der Waals surface area contributed by atoms with Crippen LogP contribution in [0.1, 0.15) is 48.0 Å². The molecular weight excluding hydrogens is 1250 g/mol. The van der Waals surface area contributed by atoms with Crippen molar-refractivity contribution in [1.82, 2.24) is 0 Å². The van der Waals surface area contributed by atoms with Gasteiger partial charge >= 0.3 is 0 Å². The number of rotatable bonds is 9. The minimum atomic E-state index is -0.604. The van der Waals surface area contributed by atoms with Crippen LogP contribution >= 0.6 is 0 Å². The first-order valence-corrected chi connectivity index (χ1v) is 33.1. The molecule has 104 heavy (non-hydrogen) atoms. The van der Waals surface area contributed by atoms with Crippen LogP contribution in [0.3, 0.4) is 0 Å². The van der Waals surface area contributed by atoms with Gasteiger partial charge in [-0.05, 0) is 211 Å². The fourth-order valence-corrected chi connectivity index (χ4v) is 14.1. The van der Waals surface area contributed by atoms with Gasteiger partial charge in [0.25, 0.3) is 0 Å². The van der Waals surface area contributed by atoms with E-state index in [4.69, 9.17) is 48.0 Å². The van der Waals surface area contributed by atoms with Gasteiger partial charge in [-0.25, -0.2) is 0 Å². The Labute approximate surface area is 656 Å². The van der Waals surface area contributed by atoms with E-state index in [1.165, 1.54) is 18.2 Å². The van der Waals surface area contributed by atoms with Gasteiger partial charge in [-0.15, -0.1) is 0 Å². The molecule has 0 radical (unpaired) electrons. The predicted molar refractivity (Wildman–Crippen MR) is 448 cm³/mol. The van der Waals surface area contributed by atoms with Crippen LogP contribution < -0.4 is 0 Å². The molecule has 0 saturated heterocycles. The Morgan fingerprint density at radius 3 is 0.740 bits per heavy atom. The van der Waals surface area contributed by atoms with Gasteiger partial charge in [0.05, 0.1) is 48.0 Å². The lowest BCUT2D eigenvalue weighted by Crippen LogP contribution is -1.91. The van der Waals surface area contributed by atoms with Crippen LogP contribution in [0.2, 0.25) is 0 Å². The molecule has 0 aliphatic carbocycles. The summed E-state index contributed by atoms with van der Waals surface area (Å²) in [4.78, 5) is 0. The van der Waals surface area contributed by atoms with Gasteiger partial charge in [0, 0.05) is 0 Å². The topological polar surface area (TPSA) is 0 Å². The van der Waals surface area contributed by atoms with E-state index in [0.29, 0.717) is 76.1 Å². The monoisotopic (exact) mass is 1350 g/mol. The third-order valence-corrected chi connectivity index (χ3v) is 18.5. The molecule has 20 aromatic rings. The molecule has 20 rings (SSSR count). The zero-order valence-electron chi connectivity index (χ0n) is 89.7. The van der Waals surface area contributed by atoms with E-state index in [0.717, 1.165) is 43.8 Å². The maximum absolute atomic E-state index is 8.91. The maximum atomic E-state index is 8.91. The van der Waals surface area contributed by atoms with Crippen molar-refractivity contribution in [2.45, 2.75) is 0 Å². The van der Waals surface area contributed by atoms with Crippen molar-refractivity contribution in [2.75, 3.05) is 0 Å². The molecule has 0 fully saturated rings. The molecule has 0 saturated carbocycles. The first-order valence-electron chi connectivity index (χ1n) is 50.6. The van der Waals surface area contributed by atoms with Crippen LogP contribution in [0, 0.1) is 0 Å². The molecule has 20 aromatic carbocycles. The van der Waals surface area contributed by atoms with Gasteiger partial charge < -0.3 is 0 Å². The van der Waals surface area contributed by atoms with Crippen molar-refractivity contribution in [3.63, 3.8) is 0 Å². The average Bonchev–Trinajstić information content (AvgIpc) is 0.717. The minimum Gasteiger partial charge on any atom is -0.0622 e. The summed E-state index contributed by atoms with van der Waals surface area (Å²) < 4.78 is 298. The molecule has 0 amide bonds. The third kappa shape index (κ3) is 11.8. The van der Waals surface area contributed by atoms with E-state index in [9.17, 15) is 0 Å². The molecule has 0 aliphatic rings. The van der Waals surface area contributed by atoms with Gasteiger partial charge in [0.15, 0.2) is 0 Å². The van der Waals surface area contributed by atoms with Crippen molar-refractivity contribution in [3.8, 4) is 100 Å². The van der Waals surface area contributed by atoms with Crippen LogP contribution in [0.4, 0.5) is 0 Å². The zero-order valence-corrected chi connectivity index (χ0v) is 54.7. The van der Waals surface area contributed by atoms with Crippen LogP contribution in [0.25, 0.3) is 186 Å². The quantitative estimate of drug-likeness (QED) is 0.126. The van der Waals surface area contributed by atoms with Gasteiger partial charge in [-0.3, -0.25) is 0 Å². The second kappa shape index (κ2) is 27.9. The van der Waals surface area contributed by atoms with Gasteiger partial charge in [-0.1, -0.05) is 400 Å². The molecule has 0 unspecified atom stereocenters. The summed E-state index contributed by atoms with van der Waals surface area (Å²) in [5, 5.41) is 9.47. The highest BCUT2D eigenvalue weighted by Gasteiger charge is 2.22. The highest BCUT2D eigenvalue weighted by Crippen LogP contribution is 2.49. The summed E-state index contributed by atoms with van der Waals surface area (Å²) in [6.45, 7) is 0. The van der Waals surface area contributed by atoms with E-state index in [2.05, 4.69) is 6.07 Å². The fourth-order valence-electron chi connectivity index (χ4n) is 14.1. The SMILES string of the molecule is [2H]c1c([2H])c([2H])c(-c2c3ccccc3c(-c3c([2H])c([2H])c([2H])c([2H])c3[2H])c3cc(-c4ccc5ccccc5c4)ccc23)c([2H])c1[2H].[2H]c1c([2H])c([2H])c(-c2c3ccccc3c(-c3c([2H])c([2H])c([2H])c([2H])c3[2H])c3cc(-c4cccc5ccccc45)ccc23)c([2H])c1[2H].[2H]c1c([2H])c([2H])c(-c2ccc3c(-c4c([2H])c([2H])c([2H])c([2H])c4[2H])c4ccccc4c(-c4c([2H])c([2H])c([2H])c([2H])c4[2H])c3c2)c([2H])c1[2H]. The van der Waals surface area contributed by atoms with Gasteiger partial charge in [0.2, 0.25) is 0 Å². The Morgan fingerprint density at radius 2 is 0.375 bits per heavy atom. The Hall–Kier alpha value is -13.5. The largest absolute Gasteiger partial charge is 0.0629 e. The lowest BCUT2D eigenvalue weighted by molar-refractivity contribution is 1.63. The predicted octanol–water partition coefficient (Wildman–Crippen LogP) is 29.3. The van der Waals surface area contributed by atoms with Crippen molar-refractivity contribution in [1.29, 1.82) is 0 Å². The van der Waals surface area contributed by atoms with E-state index in [1.54, 1.807) is 72.8 Å². The van der Waals surface area contributed by atoms with Crippen LogP contribution in [0.15, 0.2) is 424 Å². The second-order valence-electron chi connectivity index (χ2n) is 24.3. The smallest absolute Gasteiger partial charge is 0.0622 e. The van der Waals surface area contributed by atoms with Crippen LogP contribution in [-0.2, 0) is 0 Å². The average molecular weight is 1350 g/mol. The highest BCUT2D eigenvalue weighted by atomic mass is 14.2. The van der Waals surface area contributed by atoms with E-state index >= 15 is 0 Å². The second-order valence-corrected chi connectivity index (χ2v) is 24.3. The normalized spacial score (nSPS) is 16.0. The summed E-state index contributed by atoms with van der Waals surface area (Å²) in [5.74, 6) is 0. The third-order valence-electron chi connectivity index (χ3n) is 18.5. The van der Waals surface area contributed by atoms with Crippen molar-refractivity contribution < 1.29 is 48.0 Å². The summed E-state index contributed by atoms with van der Waals surface area (Å²) in [6, 6.07) is 47.7. The first kappa shape index (κ1) is 35.7. The molecule has 0 nitrogen and oxygen atoms in total. The minimum absolute atomic E-state index is 0.0230. The molecule has 0 heteroatoms. The molecule has 0 N–H and O–H groups in total. The zero-order chi connectivity index (χ0) is 99.6. The molecule has 0 atom stereocenters. The van der Waals surface area contributed by atoms with E-state index in [-0.39, 0.29) is 115 Å². The summed E-state index contributed by atoms with van der Waals surface area (Å²) in [5.41, 5.74) is 5.25. The van der Waals surface area contributed by atoms with Gasteiger partial charge in [-0.2, -0.15) is 0 Å². The molecule has 0 aliphatic heterocycles. The standard InChI is InChI=1S/2C36H24.C32H22/c1-3-13-26(14-4-1)35-31-19-9-10-20-32(31)36(27-15-5-2-6-16-27)34-24-28(22-23-33(34)35)30-21-11-17-25-12-7-8-18-29(25)30;1-3-12-26(13-4-1)35-31-17-9-10-18-32(31)36(27-14-5-2-6-15-27)34-24-30(21-22-33(34)35)29-20-19-25-11-7-8-16-28(25)23-29;1-4-12-23(13-5-1)26-20-21-29-30(22-26)32(25-16-8-3-9-17-25)28-19-11-10-18-27(28)31(29)24-14-6-2-7-15-24/h2*1-24H;1-22H/i1D,2D,3D,4D,5D,6D,13D,14D,15D,16D;1D,2D,3D,4D,5D,6D,12D,13D,14D,15D;1D,2D,3D,4D,5D,6D,7D,8D,9D,12D,13D,14D,15D,16D,17D. The van der Waals surface area contributed by atoms with Crippen LogP contribution in [0.5, 0.6) is 0 Å². The fraction of sp³-hybridized carbons (Fsp3) is 0. The summed E-state index contributed by atoms with van der Waals surface area (Å²) in [7, 11) is 0.